The van der Waals surface area contributed by atoms with E-state index in [1.54, 1.807) is 12.1 Å². The summed E-state index contributed by atoms with van der Waals surface area (Å²) in [6.45, 7) is 0.517. The predicted octanol–water partition coefficient (Wildman–Crippen LogP) is 4.54. The summed E-state index contributed by atoms with van der Waals surface area (Å²) in [5, 5.41) is 4.67. The molecule has 0 aliphatic heterocycles. The molecule has 0 aliphatic carbocycles. The molecule has 0 aliphatic rings. The van der Waals surface area contributed by atoms with Crippen molar-refractivity contribution in [2.75, 3.05) is 5.32 Å². The Labute approximate surface area is 136 Å². The second kappa shape index (κ2) is 5.72. The zero-order chi connectivity index (χ0) is 15.0. The van der Waals surface area contributed by atoms with Crippen LogP contribution in [0, 0.1) is 0 Å². The molecule has 0 spiro atoms. The predicted molar refractivity (Wildman–Crippen MR) is 87.3 cm³/mol. The average Bonchev–Trinajstić information content (AvgIpc) is 2.79. The lowest BCUT2D eigenvalue weighted by Gasteiger charge is -2.10. The fourth-order valence-corrected chi connectivity index (χ4v) is 2.78. The van der Waals surface area contributed by atoms with Crippen LogP contribution in [-0.4, -0.2) is 14.5 Å². The summed E-state index contributed by atoms with van der Waals surface area (Å²) < 4.78 is 1.94. The molecule has 2 aromatic heterocycles. The molecule has 21 heavy (non-hydrogen) atoms. The number of hydrogen-bond acceptors (Lipinski definition) is 3. The summed E-state index contributed by atoms with van der Waals surface area (Å²) in [6, 6.07) is 7.28. The van der Waals surface area contributed by atoms with Gasteiger partial charge in [-0.1, -0.05) is 29.3 Å². The van der Waals surface area contributed by atoms with E-state index in [-0.39, 0.29) is 5.28 Å². The largest absolute Gasteiger partial charge is 0.364 e. The summed E-state index contributed by atoms with van der Waals surface area (Å²) >= 11 is 18.0. The Hall–Kier alpha value is -1.49. The summed E-state index contributed by atoms with van der Waals surface area (Å²) in [5.41, 5.74) is 2.62. The monoisotopic (exact) mass is 340 g/mol. The first-order valence-corrected chi connectivity index (χ1v) is 7.34. The Bertz CT molecular complexity index is 813. The van der Waals surface area contributed by atoms with Gasteiger partial charge in [0.15, 0.2) is 5.82 Å². The highest BCUT2D eigenvalue weighted by Gasteiger charge is 2.10. The topological polar surface area (TPSA) is 42.7 Å². The van der Waals surface area contributed by atoms with Crippen molar-refractivity contribution in [1.82, 2.24) is 14.5 Å². The van der Waals surface area contributed by atoms with Gasteiger partial charge in [-0.15, -0.1) is 0 Å². The van der Waals surface area contributed by atoms with Crippen molar-refractivity contribution in [1.29, 1.82) is 0 Å². The van der Waals surface area contributed by atoms with Gasteiger partial charge in [0.25, 0.3) is 0 Å². The first-order valence-electron chi connectivity index (χ1n) is 6.21. The molecule has 7 heteroatoms. The van der Waals surface area contributed by atoms with E-state index >= 15 is 0 Å². The maximum absolute atomic E-state index is 6.17. The van der Waals surface area contributed by atoms with Crippen molar-refractivity contribution >= 4 is 51.7 Å². The van der Waals surface area contributed by atoms with Gasteiger partial charge in [0.1, 0.15) is 5.52 Å². The van der Waals surface area contributed by atoms with Crippen LogP contribution in [0.4, 0.5) is 5.82 Å². The summed E-state index contributed by atoms with van der Waals surface area (Å²) in [5.74, 6) is 0.670. The number of hydrogen-bond donors (Lipinski definition) is 1. The van der Waals surface area contributed by atoms with Crippen LogP contribution in [0.15, 0.2) is 30.5 Å². The van der Waals surface area contributed by atoms with E-state index in [1.807, 2.05) is 29.9 Å². The van der Waals surface area contributed by atoms with Crippen molar-refractivity contribution in [3.8, 4) is 0 Å². The van der Waals surface area contributed by atoms with Gasteiger partial charge in [-0.2, -0.15) is 4.98 Å². The first-order chi connectivity index (χ1) is 10.0. The molecule has 0 unspecified atom stereocenters. The van der Waals surface area contributed by atoms with Crippen LogP contribution in [0.25, 0.3) is 11.0 Å². The molecule has 0 radical (unpaired) electrons. The molecule has 3 rings (SSSR count). The molecule has 0 saturated carbocycles. The molecule has 3 aromatic rings. The SMILES string of the molecule is Cn1ccc2nc(Cl)nc(NCc3ccc(Cl)cc3Cl)c21. The van der Waals surface area contributed by atoms with Gasteiger partial charge in [-0.05, 0) is 35.4 Å². The van der Waals surface area contributed by atoms with Gasteiger partial charge >= 0.3 is 0 Å². The van der Waals surface area contributed by atoms with Gasteiger partial charge in [-0.3, -0.25) is 0 Å². The Kier molecular flexibility index (Phi) is 3.93. The van der Waals surface area contributed by atoms with Crippen LogP contribution in [0.2, 0.25) is 15.3 Å². The fraction of sp³-hybridized carbons (Fsp3) is 0.143. The minimum absolute atomic E-state index is 0.207. The van der Waals surface area contributed by atoms with E-state index in [9.17, 15) is 0 Å². The average molecular weight is 342 g/mol. The lowest BCUT2D eigenvalue weighted by Crippen LogP contribution is -2.05. The van der Waals surface area contributed by atoms with E-state index in [2.05, 4.69) is 15.3 Å². The molecule has 0 bridgehead atoms. The smallest absolute Gasteiger partial charge is 0.225 e. The Morgan fingerprint density at radius 1 is 1.14 bits per heavy atom. The number of halogens is 3. The Morgan fingerprint density at radius 3 is 2.71 bits per heavy atom. The minimum Gasteiger partial charge on any atom is -0.364 e. The standard InChI is InChI=1S/C14H11Cl3N4/c1-21-5-4-11-12(21)13(20-14(17)19-11)18-7-8-2-3-9(15)6-10(8)16/h2-6H,7H2,1H3,(H,18,19,20). The van der Waals surface area contributed by atoms with E-state index in [1.165, 1.54) is 0 Å². The second-order valence-electron chi connectivity index (χ2n) is 4.59. The van der Waals surface area contributed by atoms with Gasteiger partial charge in [0.2, 0.25) is 5.28 Å². The summed E-state index contributed by atoms with van der Waals surface area (Å²) in [7, 11) is 1.93. The van der Waals surface area contributed by atoms with E-state index < -0.39 is 0 Å². The third-order valence-corrected chi connectivity index (χ3v) is 3.91. The lowest BCUT2D eigenvalue weighted by atomic mass is 10.2. The molecular formula is C14H11Cl3N4. The van der Waals surface area contributed by atoms with Crippen molar-refractivity contribution in [2.24, 2.45) is 7.05 Å². The van der Waals surface area contributed by atoms with Gasteiger partial charge in [0.05, 0.1) is 5.52 Å². The zero-order valence-corrected chi connectivity index (χ0v) is 13.3. The summed E-state index contributed by atoms with van der Waals surface area (Å²) in [6.07, 6.45) is 1.91. The maximum atomic E-state index is 6.17. The molecule has 0 saturated heterocycles. The normalized spacial score (nSPS) is 11.0. The van der Waals surface area contributed by atoms with E-state index in [0.717, 1.165) is 16.6 Å². The van der Waals surface area contributed by atoms with Crippen molar-refractivity contribution < 1.29 is 0 Å². The second-order valence-corrected chi connectivity index (χ2v) is 5.77. The van der Waals surface area contributed by atoms with Crippen LogP contribution in [0.5, 0.6) is 0 Å². The number of rotatable bonds is 3. The minimum atomic E-state index is 0.207. The molecule has 1 N–H and O–H groups in total. The number of anilines is 1. The van der Waals surface area contributed by atoms with E-state index in [4.69, 9.17) is 34.8 Å². The Morgan fingerprint density at radius 2 is 1.95 bits per heavy atom. The lowest BCUT2D eigenvalue weighted by molar-refractivity contribution is 0.958. The zero-order valence-electron chi connectivity index (χ0n) is 11.1. The third-order valence-electron chi connectivity index (χ3n) is 3.15. The number of fused-ring (bicyclic) bond motifs is 1. The van der Waals surface area contributed by atoms with Crippen LogP contribution in [-0.2, 0) is 13.6 Å². The maximum Gasteiger partial charge on any atom is 0.225 e. The molecule has 1 aromatic carbocycles. The highest BCUT2D eigenvalue weighted by molar-refractivity contribution is 6.35. The molecule has 108 valence electrons. The number of nitrogens with one attached hydrogen (secondary N) is 1. The van der Waals surface area contributed by atoms with Crippen LogP contribution >= 0.6 is 34.8 Å². The highest BCUT2D eigenvalue weighted by Crippen LogP contribution is 2.25. The number of benzene rings is 1. The third kappa shape index (κ3) is 2.93. The van der Waals surface area contributed by atoms with E-state index in [0.29, 0.717) is 22.4 Å². The summed E-state index contributed by atoms with van der Waals surface area (Å²) in [4.78, 5) is 8.44. The molecule has 0 atom stereocenters. The van der Waals surface area contributed by atoms with Crippen molar-refractivity contribution in [3.63, 3.8) is 0 Å². The van der Waals surface area contributed by atoms with Crippen LogP contribution in [0.3, 0.4) is 0 Å². The van der Waals surface area contributed by atoms with Gasteiger partial charge in [-0.25, -0.2) is 4.98 Å². The molecule has 4 nitrogen and oxygen atoms in total. The number of aromatic nitrogens is 3. The highest BCUT2D eigenvalue weighted by atomic mass is 35.5. The number of nitrogens with zero attached hydrogens (tertiary/aromatic N) is 3. The molecular weight excluding hydrogens is 331 g/mol. The first kappa shape index (κ1) is 14.4. The Balaban J connectivity index is 1.93. The molecule has 2 heterocycles. The van der Waals surface area contributed by atoms with Crippen molar-refractivity contribution in [3.05, 3.63) is 51.4 Å². The number of aryl methyl sites for hydroxylation is 1. The van der Waals surface area contributed by atoms with Crippen LogP contribution < -0.4 is 5.32 Å². The molecule has 0 amide bonds. The van der Waals surface area contributed by atoms with Gasteiger partial charge < -0.3 is 9.88 Å². The van der Waals surface area contributed by atoms with Crippen molar-refractivity contribution in [2.45, 2.75) is 6.54 Å². The quantitative estimate of drug-likeness (QED) is 0.711. The fourth-order valence-electron chi connectivity index (χ4n) is 2.13. The molecule has 0 fully saturated rings. The van der Waals surface area contributed by atoms with Gasteiger partial charge in [0, 0.05) is 29.8 Å². The van der Waals surface area contributed by atoms with Crippen LogP contribution in [0.1, 0.15) is 5.56 Å².